The highest BCUT2D eigenvalue weighted by Crippen LogP contribution is 2.26. The van der Waals surface area contributed by atoms with Crippen LogP contribution in [0.5, 0.6) is 0 Å². The second-order valence-electron chi connectivity index (χ2n) is 20.5. The molecule has 3 N–H and O–H groups in total. The lowest BCUT2D eigenvalue weighted by molar-refractivity contribution is -0.301. The zero-order valence-corrected chi connectivity index (χ0v) is 52.0. The molecule has 0 saturated carbocycles. The van der Waals surface area contributed by atoms with Gasteiger partial charge in [-0.25, -0.2) is 4.79 Å². The van der Waals surface area contributed by atoms with E-state index in [0.717, 1.165) is 128 Å². The Morgan fingerprint density at radius 1 is 0.388 bits per heavy atom. The van der Waals surface area contributed by atoms with Crippen molar-refractivity contribution in [2.75, 3.05) is 13.2 Å². The lowest BCUT2D eigenvalue weighted by Gasteiger charge is -2.40. The summed E-state index contributed by atoms with van der Waals surface area (Å²) in [6.07, 6.45) is 75.9. The van der Waals surface area contributed by atoms with Crippen molar-refractivity contribution in [2.24, 2.45) is 0 Å². The van der Waals surface area contributed by atoms with Crippen LogP contribution in [-0.2, 0) is 42.9 Å². The number of unbranched alkanes of at least 4 members (excludes halogenated alkanes) is 7. The number of aliphatic hydroxyl groups excluding tert-OH is 2. The van der Waals surface area contributed by atoms with Gasteiger partial charge in [0.25, 0.3) is 0 Å². The monoisotopic (exact) mass is 1180 g/mol. The Bertz CT molecular complexity index is 2180. The highest BCUT2D eigenvalue weighted by Gasteiger charge is 2.50. The fraction of sp³-hybridized carbons (Fsp3) is 0.534. The molecule has 0 aromatic rings. The van der Waals surface area contributed by atoms with Gasteiger partial charge in [0, 0.05) is 19.3 Å². The average Bonchev–Trinajstić information content (AvgIpc) is 3.51. The van der Waals surface area contributed by atoms with E-state index in [4.69, 9.17) is 23.7 Å². The van der Waals surface area contributed by atoms with Crippen molar-refractivity contribution in [1.82, 2.24) is 0 Å². The summed E-state index contributed by atoms with van der Waals surface area (Å²) < 4.78 is 28.3. The summed E-state index contributed by atoms with van der Waals surface area (Å²) in [4.78, 5) is 51.3. The van der Waals surface area contributed by atoms with E-state index in [1.54, 1.807) is 0 Å². The van der Waals surface area contributed by atoms with Crippen molar-refractivity contribution in [3.8, 4) is 0 Å². The molecule has 1 heterocycles. The first-order chi connectivity index (χ1) is 41.6. The molecule has 1 fully saturated rings. The highest BCUT2D eigenvalue weighted by atomic mass is 16.7. The van der Waals surface area contributed by atoms with E-state index in [0.29, 0.717) is 32.1 Å². The standard InChI is InChI=1S/C73H108O12/c1-4-7-10-13-16-19-22-25-28-31-33-36-38-41-44-47-50-53-56-59-65(74)81-62-64(83-66(75)60-57-54-51-48-45-42-39-35-30-27-24-21-18-15-12-9-6-3)63-82-73-71(69(78)68(77)70(85-73)72(79)80)84-67(76)61-58-55-52-49-46-43-40-37-34-32-29-26-23-20-17-14-11-8-5-2/h7-12,16-21,25-30,33-34,36-37,41,43-44,46,50,52-53,55,64,68-71,73,77-78H,4-6,13-15,22-24,31-32,35,38-40,42,45,47-49,51,54,56-63H2,1-3H3,(H,79,80)/b10-7-,11-8-,12-9-,19-16-,20-17-,21-18-,28-25-,29-26-,30-27-,36-33-,37-34-,44-41-,46-43-,53-50-,55-52-. The molecular formula is C73H108O12. The SMILES string of the molecule is CC/C=C\C/C=C\C/C=C\C/C=C\C/C=C\C/C=C\CCC(=O)OCC(COC1OC(C(=O)O)C(O)C(O)C1OC(=O)CC/C=C\C/C=C\C/C=C\C/C=C\C/C=C\C/C=C\CC)OC(=O)CCCCCCCCC/C=C\C/C=C\C/C=C\CC. The zero-order valence-electron chi connectivity index (χ0n) is 52.0. The lowest BCUT2D eigenvalue weighted by atomic mass is 9.98. The van der Waals surface area contributed by atoms with Crippen molar-refractivity contribution in [2.45, 2.75) is 237 Å². The summed E-state index contributed by atoms with van der Waals surface area (Å²) in [6.45, 7) is 5.54. The van der Waals surface area contributed by atoms with Crippen LogP contribution in [-0.4, -0.2) is 89.2 Å². The van der Waals surface area contributed by atoms with Gasteiger partial charge in [0.15, 0.2) is 24.6 Å². The fourth-order valence-electron chi connectivity index (χ4n) is 8.26. The number of carbonyl (C=O) groups excluding carboxylic acids is 3. The second kappa shape index (κ2) is 58.2. The first kappa shape index (κ1) is 76.8. The molecule has 0 aliphatic carbocycles. The molecule has 1 saturated heterocycles. The minimum atomic E-state index is -1.95. The Morgan fingerprint density at radius 2 is 0.729 bits per heavy atom. The van der Waals surface area contributed by atoms with Crippen LogP contribution < -0.4 is 0 Å². The molecule has 0 aromatic carbocycles. The number of hydrogen-bond donors (Lipinski definition) is 3. The Hall–Kier alpha value is -6.18. The molecule has 85 heavy (non-hydrogen) atoms. The van der Waals surface area contributed by atoms with E-state index in [1.165, 1.54) is 0 Å². The first-order valence-electron chi connectivity index (χ1n) is 31.8. The minimum absolute atomic E-state index is 0.0715. The van der Waals surface area contributed by atoms with Crippen LogP contribution in [0.3, 0.4) is 0 Å². The number of aliphatic hydroxyl groups is 2. The maximum atomic E-state index is 13.2. The molecule has 0 bridgehead atoms. The van der Waals surface area contributed by atoms with Gasteiger partial charge in [-0.2, -0.15) is 0 Å². The number of ether oxygens (including phenoxy) is 5. The summed E-state index contributed by atoms with van der Waals surface area (Å²) in [5.41, 5.74) is 0. The topological polar surface area (TPSA) is 175 Å². The number of hydrogen-bond acceptors (Lipinski definition) is 11. The predicted molar refractivity (Wildman–Crippen MR) is 348 cm³/mol. The molecule has 0 spiro atoms. The molecule has 12 nitrogen and oxygen atoms in total. The van der Waals surface area contributed by atoms with Crippen LogP contribution in [0.4, 0.5) is 0 Å². The van der Waals surface area contributed by atoms with E-state index in [2.05, 4.69) is 173 Å². The molecule has 472 valence electrons. The van der Waals surface area contributed by atoms with Crippen LogP contribution in [0.25, 0.3) is 0 Å². The Balaban J connectivity index is 2.78. The van der Waals surface area contributed by atoms with Gasteiger partial charge in [0.2, 0.25) is 0 Å². The molecular weight excluding hydrogens is 1070 g/mol. The van der Waals surface area contributed by atoms with Crippen molar-refractivity contribution in [3.63, 3.8) is 0 Å². The van der Waals surface area contributed by atoms with E-state index in [-0.39, 0.29) is 25.9 Å². The number of carbonyl (C=O) groups is 4. The van der Waals surface area contributed by atoms with Crippen molar-refractivity contribution in [1.29, 1.82) is 0 Å². The molecule has 6 atom stereocenters. The normalized spacial score (nSPS) is 18.7. The summed E-state index contributed by atoms with van der Waals surface area (Å²) >= 11 is 0. The van der Waals surface area contributed by atoms with E-state index in [1.807, 2.05) is 30.4 Å². The van der Waals surface area contributed by atoms with Crippen molar-refractivity contribution >= 4 is 23.9 Å². The number of carboxylic acids is 1. The van der Waals surface area contributed by atoms with Gasteiger partial charge in [-0.15, -0.1) is 0 Å². The third-order valence-corrected chi connectivity index (χ3v) is 13.0. The minimum Gasteiger partial charge on any atom is -0.479 e. The fourth-order valence-corrected chi connectivity index (χ4v) is 8.26. The molecule has 1 aliphatic heterocycles. The quantitative estimate of drug-likeness (QED) is 0.0228. The van der Waals surface area contributed by atoms with Crippen LogP contribution in [0.2, 0.25) is 0 Å². The molecule has 12 heteroatoms. The summed E-state index contributed by atoms with van der Waals surface area (Å²) in [5, 5.41) is 31.6. The van der Waals surface area contributed by atoms with Crippen molar-refractivity contribution in [3.05, 3.63) is 182 Å². The maximum absolute atomic E-state index is 13.2. The van der Waals surface area contributed by atoms with E-state index < -0.39 is 67.3 Å². The Morgan fingerprint density at radius 3 is 1.12 bits per heavy atom. The predicted octanol–water partition coefficient (Wildman–Crippen LogP) is 17.2. The zero-order chi connectivity index (χ0) is 61.7. The largest absolute Gasteiger partial charge is 0.479 e. The number of rotatable bonds is 51. The van der Waals surface area contributed by atoms with Crippen LogP contribution in [0, 0.1) is 0 Å². The number of esters is 3. The summed E-state index contributed by atoms with van der Waals surface area (Å²) in [6, 6.07) is 0. The van der Waals surface area contributed by atoms with Gasteiger partial charge in [0.1, 0.15) is 18.8 Å². The van der Waals surface area contributed by atoms with E-state index >= 15 is 0 Å². The number of allylic oxidation sites excluding steroid dienone is 30. The molecule has 1 aliphatic rings. The number of carboxylic acid groups (broad SMARTS) is 1. The third kappa shape index (κ3) is 47.7. The highest BCUT2D eigenvalue weighted by molar-refractivity contribution is 5.74. The van der Waals surface area contributed by atoms with Crippen LogP contribution >= 0.6 is 0 Å². The lowest BCUT2D eigenvalue weighted by Crippen LogP contribution is -2.61. The third-order valence-electron chi connectivity index (χ3n) is 13.0. The van der Waals surface area contributed by atoms with Gasteiger partial charge >= 0.3 is 23.9 Å². The summed E-state index contributed by atoms with van der Waals surface area (Å²) in [5.74, 6) is -3.39. The molecule has 0 aromatic heterocycles. The maximum Gasteiger partial charge on any atom is 0.335 e. The summed E-state index contributed by atoms with van der Waals surface area (Å²) in [7, 11) is 0. The van der Waals surface area contributed by atoms with Crippen LogP contribution in [0.15, 0.2) is 182 Å². The molecule has 1 rings (SSSR count). The van der Waals surface area contributed by atoms with Crippen molar-refractivity contribution < 1.29 is 58.2 Å². The first-order valence-corrected chi connectivity index (χ1v) is 31.8. The molecule has 0 amide bonds. The Kier molecular flexibility index (Phi) is 52.6. The van der Waals surface area contributed by atoms with Crippen LogP contribution in [0.1, 0.15) is 201 Å². The average molecular weight is 1180 g/mol. The van der Waals surface area contributed by atoms with Gasteiger partial charge in [-0.1, -0.05) is 235 Å². The van der Waals surface area contributed by atoms with Gasteiger partial charge in [-0.3, -0.25) is 14.4 Å². The Labute approximate surface area is 512 Å². The molecule has 0 radical (unpaired) electrons. The molecule has 6 unspecified atom stereocenters. The van der Waals surface area contributed by atoms with Gasteiger partial charge in [0.05, 0.1) is 6.61 Å². The smallest absolute Gasteiger partial charge is 0.335 e. The van der Waals surface area contributed by atoms with Gasteiger partial charge in [-0.05, 0) is 128 Å². The van der Waals surface area contributed by atoms with Gasteiger partial charge < -0.3 is 39.0 Å². The second-order valence-corrected chi connectivity index (χ2v) is 20.5. The number of aliphatic carboxylic acids is 1. The van der Waals surface area contributed by atoms with E-state index in [9.17, 15) is 34.5 Å².